The highest BCUT2D eigenvalue weighted by Gasteiger charge is 2.15. The van der Waals surface area contributed by atoms with Crippen LogP contribution in [0.15, 0.2) is 29.1 Å². The van der Waals surface area contributed by atoms with Gasteiger partial charge >= 0.3 is 0 Å². The van der Waals surface area contributed by atoms with E-state index in [1.807, 2.05) is 52.0 Å². The number of aromatic amines is 1. The Hall–Kier alpha value is -2.10. The number of para-hydroxylation sites is 1. The summed E-state index contributed by atoms with van der Waals surface area (Å²) < 4.78 is 5.84. The summed E-state index contributed by atoms with van der Waals surface area (Å²) in [6.07, 6.45) is 0.0676. The van der Waals surface area contributed by atoms with Gasteiger partial charge in [0, 0.05) is 17.0 Å². The zero-order chi connectivity index (χ0) is 15.6. The van der Waals surface area contributed by atoms with Crippen molar-refractivity contribution in [2.75, 3.05) is 0 Å². The number of hydrogen-bond acceptors (Lipinski definition) is 3. The van der Waals surface area contributed by atoms with Gasteiger partial charge in [0.25, 0.3) is 5.56 Å². The van der Waals surface area contributed by atoms with Gasteiger partial charge in [0.05, 0.1) is 11.8 Å². The molecule has 0 spiro atoms. The van der Waals surface area contributed by atoms with E-state index in [-0.39, 0.29) is 17.6 Å². The zero-order valence-electron chi connectivity index (χ0n) is 13.2. The average Bonchev–Trinajstić information content (AvgIpc) is 2.41. The van der Waals surface area contributed by atoms with Crippen molar-refractivity contribution >= 4 is 0 Å². The molecule has 0 bridgehead atoms. The molecule has 21 heavy (non-hydrogen) atoms. The molecule has 112 valence electrons. The van der Waals surface area contributed by atoms with Crippen molar-refractivity contribution in [2.45, 2.75) is 46.6 Å². The van der Waals surface area contributed by atoms with E-state index >= 15 is 0 Å². The Morgan fingerprint density at radius 3 is 2.43 bits per heavy atom. The summed E-state index contributed by atoms with van der Waals surface area (Å²) in [5.41, 5.74) is 2.07. The molecule has 0 amide bonds. The van der Waals surface area contributed by atoms with Gasteiger partial charge in [-0.2, -0.15) is 0 Å². The van der Waals surface area contributed by atoms with Gasteiger partial charge in [-0.3, -0.25) is 4.79 Å². The lowest BCUT2D eigenvalue weighted by Crippen LogP contribution is -2.17. The van der Waals surface area contributed by atoms with E-state index < -0.39 is 0 Å². The number of ether oxygens (including phenoxy) is 1. The van der Waals surface area contributed by atoms with Gasteiger partial charge in [0.1, 0.15) is 11.6 Å². The molecule has 0 aliphatic heterocycles. The van der Waals surface area contributed by atoms with E-state index in [1.54, 1.807) is 6.92 Å². The van der Waals surface area contributed by atoms with Crippen LogP contribution in [0.25, 0.3) is 11.3 Å². The van der Waals surface area contributed by atoms with Crippen molar-refractivity contribution in [3.63, 3.8) is 0 Å². The fourth-order valence-corrected chi connectivity index (χ4v) is 2.10. The highest BCUT2D eigenvalue weighted by Crippen LogP contribution is 2.30. The molecule has 0 aliphatic rings. The van der Waals surface area contributed by atoms with E-state index in [4.69, 9.17) is 4.74 Å². The van der Waals surface area contributed by atoms with Gasteiger partial charge < -0.3 is 9.72 Å². The summed E-state index contributed by atoms with van der Waals surface area (Å²) in [4.78, 5) is 19.6. The van der Waals surface area contributed by atoms with Crippen molar-refractivity contribution in [3.05, 3.63) is 46.0 Å². The second-order valence-corrected chi connectivity index (χ2v) is 5.74. The minimum Gasteiger partial charge on any atom is -0.490 e. The van der Waals surface area contributed by atoms with E-state index in [0.717, 1.165) is 11.3 Å². The summed E-state index contributed by atoms with van der Waals surface area (Å²) in [5.74, 6) is 1.61. The minimum absolute atomic E-state index is 0.0676. The van der Waals surface area contributed by atoms with Crippen LogP contribution >= 0.6 is 0 Å². The third-order valence-electron chi connectivity index (χ3n) is 3.22. The van der Waals surface area contributed by atoms with Crippen LogP contribution in [0, 0.1) is 6.92 Å². The Morgan fingerprint density at radius 1 is 1.14 bits per heavy atom. The number of aromatic nitrogens is 2. The third-order valence-corrected chi connectivity index (χ3v) is 3.22. The van der Waals surface area contributed by atoms with Crippen molar-refractivity contribution in [3.8, 4) is 17.0 Å². The Kier molecular flexibility index (Phi) is 4.46. The molecule has 0 radical (unpaired) electrons. The summed E-state index contributed by atoms with van der Waals surface area (Å²) >= 11 is 0. The fourth-order valence-electron chi connectivity index (χ4n) is 2.10. The quantitative estimate of drug-likeness (QED) is 0.933. The van der Waals surface area contributed by atoms with Crippen molar-refractivity contribution in [1.82, 2.24) is 9.97 Å². The SMILES string of the molecule is Cc1c(-c2ccccc2OC(C)C)nc(C(C)C)[nH]c1=O. The van der Waals surface area contributed by atoms with Gasteiger partial charge in [-0.1, -0.05) is 26.0 Å². The molecule has 1 aromatic heterocycles. The van der Waals surface area contributed by atoms with Crippen LogP contribution in [0.4, 0.5) is 0 Å². The normalized spacial score (nSPS) is 11.2. The minimum atomic E-state index is -0.0944. The van der Waals surface area contributed by atoms with Crippen molar-refractivity contribution < 1.29 is 4.74 Å². The van der Waals surface area contributed by atoms with Crippen LogP contribution in [0.1, 0.15) is 45.0 Å². The predicted molar refractivity (Wildman–Crippen MR) is 84.9 cm³/mol. The molecule has 1 N–H and O–H groups in total. The fraction of sp³-hybridized carbons (Fsp3) is 0.412. The molecule has 0 aliphatic carbocycles. The first-order chi connectivity index (χ1) is 9.90. The van der Waals surface area contributed by atoms with Crippen LogP contribution in [0.3, 0.4) is 0 Å². The lowest BCUT2D eigenvalue weighted by atomic mass is 10.1. The van der Waals surface area contributed by atoms with Crippen molar-refractivity contribution in [2.24, 2.45) is 0 Å². The van der Waals surface area contributed by atoms with Gasteiger partial charge in [0.2, 0.25) is 0 Å². The lowest BCUT2D eigenvalue weighted by molar-refractivity contribution is 0.243. The van der Waals surface area contributed by atoms with Crippen LogP contribution < -0.4 is 10.3 Å². The molecule has 0 saturated carbocycles. The summed E-state index contributed by atoms with van der Waals surface area (Å²) in [6.45, 7) is 9.77. The third kappa shape index (κ3) is 3.32. The second kappa shape index (κ2) is 6.12. The van der Waals surface area contributed by atoms with Gasteiger partial charge in [-0.15, -0.1) is 0 Å². The molecule has 0 unspecified atom stereocenters. The maximum Gasteiger partial charge on any atom is 0.254 e. The van der Waals surface area contributed by atoms with E-state index in [1.165, 1.54) is 0 Å². The second-order valence-electron chi connectivity index (χ2n) is 5.74. The summed E-state index contributed by atoms with van der Waals surface area (Å²) in [6, 6.07) is 7.70. The van der Waals surface area contributed by atoms with E-state index in [2.05, 4.69) is 9.97 Å². The Bertz CT molecular complexity index is 687. The molecule has 2 aromatic rings. The average molecular weight is 286 g/mol. The Morgan fingerprint density at radius 2 is 1.81 bits per heavy atom. The molecule has 2 rings (SSSR count). The topological polar surface area (TPSA) is 55.0 Å². The summed E-state index contributed by atoms with van der Waals surface area (Å²) in [5, 5.41) is 0. The van der Waals surface area contributed by atoms with E-state index in [0.29, 0.717) is 17.1 Å². The maximum atomic E-state index is 12.1. The molecular weight excluding hydrogens is 264 g/mol. The lowest BCUT2D eigenvalue weighted by Gasteiger charge is -2.16. The molecule has 0 atom stereocenters. The standard InChI is InChI=1S/C17H22N2O2/c1-10(2)16-18-15(12(5)17(20)19-16)13-8-6-7-9-14(13)21-11(3)4/h6-11H,1-5H3,(H,18,19,20). The molecule has 0 saturated heterocycles. The monoisotopic (exact) mass is 286 g/mol. The van der Waals surface area contributed by atoms with Crippen LogP contribution in [0.2, 0.25) is 0 Å². The zero-order valence-corrected chi connectivity index (χ0v) is 13.2. The molecule has 0 fully saturated rings. The Balaban J connectivity index is 2.64. The van der Waals surface area contributed by atoms with E-state index in [9.17, 15) is 4.79 Å². The summed E-state index contributed by atoms with van der Waals surface area (Å²) in [7, 11) is 0. The van der Waals surface area contributed by atoms with Crippen molar-refractivity contribution in [1.29, 1.82) is 0 Å². The highest BCUT2D eigenvalue weighted by molar-refractivity contribution is 5.69. The van der Waals surface area contributed by atoms with Crippen LogP contribution in [0.5, 0.6) is 5.75 Å². The molecule has 4 heteroatoms. The molecular formula is C17H22N2O2. The van der Waals surface area contributed by atoms with Gasteiger partial charge in [-0.05, 0) is 32.9 Å². The molecule has 1 aromatic carbocycles. The highest BCUT2D eigenvalue weighted by atomic mass is 16.5. The maximum absolute atomic E-state index is 12.1. The van der Waals surface area contributed by atoms with Gasteiger partial charge in [-0.25, -0.2) is 4.98 Å². The first-order valence-electron chi connectivity index (χ1n) is 7.27. The first-order valence-corrected chi connectivity index (χ1v) is 7.27. The number of rotatable bonds is 4. The van der Waals surface area contributed by atoms with Crippen LogP contribution in [-0.2, 0) is 0 Å². The number of hydrogen-bond donors (Lipinski definition) is 1. The first kappa shape index (κ1) is 15.3. The number of nitrogens with one attached hydrogen (secondary N) is 1. The number of H-pyrrole nitrogens is 1. The van der Waals surface area contributed by atoms with Crippen LogP contribution in [-0.4, -0.2) is 16.1 Å². The molecule has 1 heterocycles. The largest absolute Gasteiger partial charge is 0.490 e. The predicted octanol–water partition coefficient (Wildman–Crippen LogP) is 3.66. The number of benzene rings is 1. The number of nitrogens with zero attached hydrogens (tertiary/aromatic N) is 1. The molecule has 4 nitrogen and oxygen atoms in total. The van der Waals surface area contributed by atoms with Gasteiger partial charge in [0.15, 0.2) is 0 Å². The smallest absolute Gasteiger partial charge is 0.254 e. The Labute approximate surface area is 125 Å².